The van der Waals surface area contributed by atoms with Crippen LogP contribution in [-0.2, 0) is 0 Å². The molecule has 0 bridgehead atoms. The Hall–Kier alpha value is -0.600. The van der Waals surface area contributed by atoms with Crippen LogP contribution in [-0.4, -0.2) is 23.4 Å². The average molecular weight is 168 g/mol. The highest BCUT2D eigenvalue weighted by Gasteiger charge is 2.07. The maximum atomic E-state index is 8.68. The van der Waals surface area contributed by atoms with Crippen LogP contribution in [0.5, 0.6) is 0 Å². The van der Waals surface area contributed by atoms with E-state index in [9.17, 15) is 0 Å². The van der Waals surface area contributed by atoms with Gasteiger partial charge in [0, 0.05) is 13.2 Å². The molecule has 2 heteroatoms. The second-order valence-electron chi connectivity index (χ2n) is 3.12. The zero-order valence-electron chi connectivity index (χ0n) is 7.19. The lowest BCUT2D eigenvalue weighted by Crippen LogP contribution is -2.05. The molecule has 0 aromatic carbocycles. The molecule has 2 nitrogen and oxygen atoms in total. The number of hydrogen-bond acceptors (Lipinski definition) is 2. The second kappa shape index (κ2) is 5.12. The van der Waals surface area contributed by atoms with Crippen molar-refractivity contribution in [1.82, 2.24) is 0 Å². The van der Waals surface area contributed by atoms with Gasteiger partial charge in [0.15, 0.2) is 0 Å². The minimum absolute atomic E-state index is 0.240. The van der Waals surface area contributed by atoms with Crippen LogP contribution in [0.2, 0.25) is 0 Å². The van der Waals surface area contributed by atoms with Crippen molar-refractivity contribution in [3.05, 3.63) is 24.3 Å². The van der Waals surface area contributed by atoms with Gasteiger partial charge in [-0.3, -0.25) is 0 Å². The minimum atomic E-state index is 0.240. The van der Waals surface area contributed by atoms with Crippen molar-refractivity contribution in [1.29, 1.82) is 0 Å². The summed E-state index contributed by atoms with van der Waals surface area (Å²) < 4.78 is 0. The molecule has 0 saturated carbocycles. The third-order valence-electron chi connectivity index (χ3n) is 2.14. The smallest absolute Gasteiger partial charge is 0.0439 e. The highest BCUT2D eigenvalue weighted by molar-refractivity contribution is 5.13. The average Bonchev–Trinajstić information content (AvgIpc) is 2.09. The van der Waals surface area contributed by atoms with E-state index in [1.165, 1.54) is 0 Å². The molecule has 0 fully saturated rings. The molecule has 0 aromatic rings. The third-order valence-corrected chi connectivity index (χ3v) is 2.14. The van der Waals surface area contributed by atoms with Crippen molar-refractivity contribution >= 4 is 0 Å². The van der Waals surface area contributed by atoms with Gasteiger partial charge in [-0.1, -0.05) is 24.3 Å². The Balaban J connectivity index is 2.32. The number of rotatable bonds is 4. The standard InChI is InChI=1S/C10H16O2/c11-7-5-9-1-2-10(4-3-9)6-8-12/h1-4,9-12H,5-8H2. The van der Waals surface area contributed by atoms with E-state index in [2.05, 4.69) is 24.3 Å². The molecule has 12 heavy (non-hydrogen) atoms. The first-order chi connectivity index (χ1) is 5.86. The van der Waals surface area contributed by atoms with Gasteiger partial charge in [0.1, 0.15) is 0 Å². The molecule has 0 spiro atoms. The van der Waals surface area contributed by atoms with Crippen LogP contribution in [0.25, 0.3) is 0 Å². The maximum absolute atomic E-state index is 8.68. The van der Waals surface area contributed by atoms with E-state index in [4.69, 9.17) is 10.2 Å². The zero-order chi connectivity index (χ0) is 8.81. The van der Waals surface area contributed by atoms with Crippen LogP contribution >= 0.6 is 0 Å². The summed E-state index contributed by atoms with van der Waals surface area (Å²) >= 11 is 0. The van der Waals surface area contributed by atoms with Gasteiger partial charge in [-0.15, -0.1) is 0 Å². The second-order valence-corrected chi connectivity index (χ2v) is 3.12. The molecule has 1 rings (SSSR count). The SMILES string of the molecule is OCCC1C=CC(CCO)C=C1. The molecule has 0 radical (unpaired) electrons. The summed E-state index contributed by atoms with van der Waals surface area (Å²) in [5, 5.41) is 17.4. The summed E-state index contributed by atoms with van der Waals surface area (Å²) in [4.78, 5) is 0. The quantitative estimate of drug-likeness (QED) is 0.617. The van der Waals surface area contributed by atoms with Crippen molar-refractivity contribution in [3.63, 3.8) is 0 Å². The third kappa shape index (κ3) is 2.80. The molecule has 68 valence electrons. The van der Waals surface area contributed by atoms with Crippen LogP contribution < -0.4 is 0 Å². The van der Waals surface area contributed by atoms with Crippen molar-refractivity contribution in [3.8, 4) is 0 Å². The lowest BCUT2D eigenvalue weighted by molar-refractivity contribution is 0.273. The molecule has 0 unspecified atom stereocenters. The van der Waals surface area contributed by atoms with Crippen LogP contribution in [0.1, 0.15) is 12.8 Å². The molecule has 0 saturated heterocycles. The molecule has 1 aliphatic rings. The van der Waals surface area contributed by atoms with Gasteiger partial charge < -0.3 is 10.2 Å². The molecule has 2 N–H and O–H groups in total. The van der Waals surface area contributed by atoms with E-state index in [1.54, 1.807) is 0 Å². The van der Waals surface area contributed by atoms with Crippen LogP contribution in [0.4, 0.5) is 0 Å². The van der Waals surface area contributed by atoms with Gasteiger partial charge in [0.2, 0.25) is 0 Å². The largest absolute Gasteiger partial charge is 0.396 e. The Kier molecular flexibility index (Phi) is 4.05. The fourth-order valence-electron chi connectivity index (χ4n) is 1.38. The molecule has 0 amide bonds. The lowest BCUT2D eigenvalue weighted by Gasteiger charge is -2.14. The van der Waals surface area contributed by atoms with Gasteiger partial charge >= 0.3 is 0 Å². The number of aliphatic hydroxyl groups is 2. The van der Waals surface area contributed by atoms with Gasteiger partial charge in [0.05, 0.1) is 0 Å². The number of allylic oxidation sites excluding steroid dienone is 4. The van der Waals surface area contributed by atoms with Crippen molar-refractivity contribution in [2.75, 3.05) is 13.2 Å². The summed E-state index contributed by atoms with van der Waals surface area (Å²) in [5.74, 6) is 0.787. The molecule has 1 aliphatic carbocycles. The van der Waals surface area contributed by atoms with Crippen LogP contribution in [0, 0.1) is 11.8 Å². The highest BCUT2D eigenvalue weighted by atomic mass is 16.3. The highest BCUT2D eigenvalue weighted by Crippen LogP contribution is 2.18. The van der Waals surface area contributed by atoms with Gasteiger partial charge in [-0.25, -0.2) is 0 Å². The van der Waals surface area contributed by atoms with Crippen molar-refractivity contribution in [2.45, 2.75) is 12.8 Å². The van der Waals surface area contributed by atoms with E-state index >= 15 is 0 Å². The Morgan fingerprint density at radius 2 is 1.08 bits per heavy atom. The first kappa shape index (κ1) is 9.49. The van der Waals surface area contributed by atoms with E-state index in [1.807, 2.05) is 0 Å². The fraction of sp³-hybridized carbons (Fsp3) is 0.600. The molecule has 0 aromatic heterocycles. The van der Waals surface area contributed by atoms with Gasteiger partial charge in [-0.2, -0.15) is 0 Å². The predicted octanol–water partition coefficient (Wildman–Crippen LogP) is 1.11. The van der Waals surface area contributed by atoms with E-state index in [0.717, 1.165) is 12.8 Å². The minimum Gasteiger partial charge on any atom is -0.396 e. The van der Waals surface area contributed by atoms with E-state index in [0.29, 0.717) is 11.8 Å². The Labute approximate surface area is 73.2 Å². The van der Waals surface area contributed by atoms with E-state index in [-0.39, 0.29) is 13.2 Å². The summed E-state index contributed by atoms with van der Waals surface area (Å²) in [6, 6.07) is 0. The van der Waals surface area contributed by atoms with Crippen LogP contribution in [0.3, 0.4) is 0 Å². The van der Waals surface area contributed by atoms with Crippen molar-refractivity contribution < 1.29 is 10.2 Å². The first-order valence-corrected chi connectivity index (χ1v) is 4.45. The van der Waals surface area contributed by atoms with Crippen LogP contribution in [0.15, 0.2) is 24.3 Å². The van der Waals surface area contributed by atoms with Gasteiger partial charge in [-0.05, 0) is 24.7 Å². The number of hydrogen-bond donors (Lipinski definition) is 2. The summed E-state index contributed by atoms with van der Waals surface area (Å²) in [7, 11) is 0. The molecule has 0 heterocycles. The topological polar surface area (TPSA) is 40.5 Å². The summed E-state index contributed by atoms with van der Waals surface area (Å²) in [6.45, 7) is 0.480. The zero-order valence-corrected chi connectivity index (χ0v) is 7.19. The number of aliphatic hydroxyl groups excluding tert-OH is 2. The predicted molar refractivity (Wildman–Crippen MR) is 48.7 cm³/mol. The maximum Gasteiger partial charge on any atom is 0.0439 e. The van der Waals surface area contributed by atoms with E-state index < -0.39 is 0 Å². The summed E-state index contributed by atoms with van der Waals surface area (Å²) in [6.07, 6.45) is 10.0. The molecular formula is C10H16O2. The lowest BCUT2D eigenvalue weighted by atomic mass is 9.92. The monoisotopic (exact) mass is 168 g/mol. The molecular weight excluding hydrogens is 152 g/mol. The Bertz CT molecular complexity index is 141. The first-order valence-electron chi connectivity index (χ1n) is 4.45. The normalized spacial score (nSPS) is 27.8. The Morgan fingerprint density at radius 3 is 1.33 bits per heavy atom. The molecule has 0 atom stereocenters. The summed E-state index contributed by atoms with van der Waals surface area (Å²) in [5.41, 5.74) is 0. The van der Waals surface area contributed by atoms with Crippen molar-refractivity contribution in [2.24, 2.45) is 11.8 Å². The fourth-order valence-corrected chi connectivity index (χ4v) is 1.38. The molecule has 0 aliphatic heterocycles. The Morgan fingerprint density at radius 1 is 0.750 bits per heavy atom. The van der Waals surface area contributed by atoms with Gasteiger partial charge in [0.25, 0.3) is 0 Å².